The van der Waals surface area contributed by atoms with Crippen LogP contribution in [0.4, 0.5) is 10.2 Å². The third-order valence-corrected chi connectivity index (χ3v) is 6.60. The maximum atomic E-state index is 15.6. The van der Waals surface area contributed by atoms with Crippen molar-refractivity contribution in [3.63, 3.8) is 0 Å². The fourth-order valence-corrected chi connectivity index (χ4v) is 4.62. The molecule has 1 aromatic carbocycles. The number of methoxy groups -OCH3 is 1. The van der Waals surface area contributed by atoms with Crippen LogP contribution < -0.4 is 10.5 Å². The maximum absolute atomic E-state index is 15.6. The summed E-state index contributed by atoms with van der Waals surface area (Å²) in [6.45, 7) is 2.53. The van der Waals surface area contributed by atoms with E-state index in [4.69, 9.17) is 15.2 Å². The number of nitrogens with two attached hydrogens (primary N) is 1. The Bertz CT molecular complexity index is 1020. The number of piperidine rings is 2. The van der Waals surface area contributed by atoms with Crippen molar-refractivity contribution in [2.75, 3.05) is 39.0 Å². The number of halogens is 1. The third-order valence-electron chi connectivity index (χ3n) is 6.60. The number of para-hydroxylation sites is 1. The third kappa shape index (κ3) is 5.47. The number of likely N-dealkylation sites (tertiary alicyclic amines) is 2. The van der Waals surface area contributed by atoms with E-state index in [0.29, 0.717) is 62.7 Å². The maximum Gasteiger partial charge on any atom is 0.341 e. The lowest BCUT2D eigenvalue weighted by Crippen LogP contribution is -2.54. The van der Waals surface area contributed by atoms with Crippen LogP contribution in [0.3, 0.4) is 0 Å². The van der Waals surface area contributed by atoms with E-state index in [-0.39, 0.29) is 18.9 Å². The fraction of sp³-hybridized carbons (Fsp3) is 0.480. The summed E-state index contributed by atoms with van der Waals surface area (Å²) in [5.41, 5.74) is 5.30. The van der Waals surface area contributed by atoms with Gasteiger partial charge >= 0.3 is 5.97 Å². The lowest BCUT2D eigenvalue weighted by molar-refractivity contribution is -0.149. The van der Waals surface area contributed by atoms with Gasteiger partial charge in [-0.1, -0.05) is 12.1 Å². The Morgan fingerprint density at radius 2 is 1.85 bits per heavy atom. The first-order valence-corrected chi connectivity index (χ1v) is 11.6. The molecule has 0 atom stereocenters. The van der Waals surface area contributed by atoms with Crippen molar-refractivity contribution in [2.45, 2.75) is 44.0 Å². The number of ether oxygens (including phenoxy) is 2. The molecule has 3 heterocycles. The molecule has 2 fully saturated rings. The summed E-state index contributed by atoms with van der Waals surface area (Å²) >= 11 is 0. The van der Waals surface area contributed by atoms with Crippen molar-refractivity contribution in [3.8, 4) is 5.75 Å². The Morgan fingerprint density at radius 3 is 2.53 bits per heavy atom. The number of hydrogen-bond donors (Lipinski definition) is 1. The van der Waals surface area contributed by atoms with Crippen molar-refractivity contribution in [3.05, 3.63) is 53.7 Å². The number of alkyl halides is 1. The van der Waals surface area contributed by atoms with Crippen LogP contribution in [0.1, 0.15) is 41.6 Å². The lowest BCUT2D eigenvalue weighted by atomic mass is 9.90. The van der Waals surface area contributed by atoms with Crippen LogP contribution in [0, 0.1) is 0 Å². The molecule has 1 aromatic heterocycles. The van der Waals surface area contributed by atoms with Gasteiger partial charge in [0.1, 0.15) is 23.2 Å². The average molecular weight is 471 g/mol. The van der Waals surface area contributed by atoms with Crippen LogP contribution in [0.15, 0.2) is 42.6 Å². The SMILES string of the molecule is COC(=O)c1ccccc1OC1CCN(C(=O)C2(F)CCN(Cc3ccnc(N)c3)CC2)CC1. The molecule has 2 aromatic rings. The number of esters is 1. The Hall–Kier alpha value is -3.20. The Kier molecular flexibility index (Phi) is 7.31. The number of hydrogen-bond acceptors (Lipinski definition) is 7. The van der Waals surface area contributed by atoms with Gasteiger partial charge in [-0.3, -0.25) is 9.69 Å². The summed E-state index contributed by atoms with van der Waals surface area (Å²) in [6, 6.07) is 10.6. The molecule has 1 amide bonds. The number of carbonyl (C=O) groups is 2. The minimum absolute atomic E-state index is 0.153. The molecule has 34 heavy (non-hydrogen) atoms. The van der Waals surface area contributed by atoms with Gasteiger partial charge in [0.25, 0.3) is 5.91 Å². The summed E-state index contributed by atoms with van der Waals surface area (Å²) in [5, 5.41) is 0. The standard InChI is InChI=1S/C25H31FN4O4/c1-33-23(31)20-4-2-3-5-21(20)34-19-7-12-30(13-8-19)24(32)25(26)9-14-29(15-10-25)17-18-6-11-28-22(27)16-18/h2-6,11,16,19H,7-10,12-15,17H2,1H3,(H2,27,28). The van der Waals surface area contributed by atoms with E-state index in [0.717, 1.165) is 5.56 Å². The minimum atomic E-state index is -1.83. The van der Waals surface area contributed by atoms with E-state index in [1.165, 1.54) is 7.11 Å². The number of rotatable bonds is 6. The van der Waals surface area contributed by atoms with Crippen LogP contribution in [-0.2, 0) is 16.1 Å². The van der Waals surface area contributed by atoms with Gasteiger partial charge in [-0.2, -0.15) is 0 Å². The first kappa shape index (κ1) is 23.9. The molecule has 0 aliphatic carbocycles. The van der Waals surface area contributed by atoms with E-state index in [1.54, 1.807) is 35.4 Å². The number of amides is 1. The molecule has 9 heteroatoms. The van der Waals surface area contributed by atoms with Crippen molar-refractivity contribution in [1.82, 2.24) is 14.8 Å². The van der Waals surface area contributed by atoms with E-state index in [1.807, 2.05) is 12.1 Å². The highest BCUT2D eigenvalue weighted by Gasteiger charge is 2.44. The summed E-state index contributed by atoms with van der Waals surface area (Å²) in [5.74, 6) is 0.0464. The average Bonchev–Trinajstić information content (AvgIpc) is 2.85. The molecular formula is C25H31FN4O4. The number of nitrogen functional groups attached to an aromatic ring is 1. The fourth-order valence-electron chi connectivity index (χ4n) is 4.62. The molecule has 0 bridgehead atoms. The molecule has 2 aliphatic heterocycles. The molecule has 2 aliphatic rings. The van der Waals surface area contributed by atoms with Crippen LogP contribution in [0.2, 0.25) is 0 Å². The lowest BCUT2D eigenvalue weighted by Gasteiger charge is -2.40. The monoisotopic (exact) mass is 470 g/mol. The zero-order valence-electron chi connectivity index (χ0n) is 19.4. The predicted octanol–water partition coefficient (Wildman–Crippen LogP) is 2.82. The second kappa shape index (κ2) is 10.4. The predicted molar refractivity (Wildman–Crippen MR) is 125 cm³/mol. The van der Waals surface area contributed by atoms with Gasteiger partial charge in [0.15, 0.2) is 5.67 Å². The molecule has 2 saturated heterocycles. The van der Waals surface area contributed by atoms with E-state index >= 15 is 4.39 Å². The van der Waals surface area contributed by atoms with Gasteiger partial charge in [0.2, 0.25) is 0 Å². The van der Waals surface area contributed by atoms with Gasteiger partial charge in [-0.25, -0.2) is 14.2 Å². The molecule has 0 saturated carbocycles. The minimum Gasteiger partial charge on any atom is -0.489 e. The Labute approximate surface area is 198 Å². The molecule has 0 unspecified atom stereocenters. The summed E-state index contributed by atoms with van der Waals surface area (Å²) < 4.78 is 26.5. The zero-order valence-corrected chi connectivity index (χ0v) is 19.4. The van der Waals surface area contributed by atoms with Gasteiger partial charge in [0.05, 0.1) is 7.11 Å². The Morgan fingerprint density at radius 1 is 1.15 bits per heavy atom. The quantitative estimate of drug-likeness (QED) is 0.649. The van der Waals surface area contributed by atoms with E-state index < -0.39 is 17.5 Å². The second-order valence-corrected chi connectivity index (χ2v) is 8.93. The van der Waals surface area contributed by atoms with Gasteiger partial charge < -0.3 is 20.1 Å². The normalized spacial score (nSPS) is 18.9. The van der Waals surface area contributed by atoms with Gasteiger partial charge in [-0.05, 0) is 29.8 Å². The molecule has 4 rings (SSSR count). The largest absolute Gasteiger partial charge is 0.489 e. The Balaban J connectivity index is 1.28. The number of benzene rings is 1. The molecule has 8 nitrogen and oxygen atoms in total. The molecule has 182 valence electrons. The van der Waals surface area contributed by atoms with Crippen molar-refractivity contribution < 1.29 is 23.5 Å². The van der Waals surface area contributed by atoms with Crippen molar-refractivity contribution >= 4 is 17.7 Å². The van der Waals surface area contributed by atoms with Crippen LogP contribution in [0.5, 0.6) is 5.75 Å². The second-order valence-electron chi connectivity index (χ2n) is 8.93. The number of pyridine rings is 1. The first-order chi connectivity index (χ1) is 16.4. The van der Waals surface area contributed by atoms with E-state index in [9.17, 15) is 9.59 Å². The topological polar surface area (TPSA) is 98.0 Å². The number of carbonyl (C=O) groups excluding carboxylic acids is 2. The summed E-state index contributed by atoms with van der Waals surface area (Å²) in [4.78, 5) is 32.7. The summed E-state index contributed by atoms with van der Waals surface area (Å²) in [7, 11) is 1.33. The zero-order chi connectivity index (χ0) is 24.1. The molecule has 0 radical (unpaired) electrons. The van der Waals surface area contributed by atoms with Crippen LogP contribution >= 0.6 is 0 Å². The highest BCUT2D eigenvalue weighted by Crippen LogP contribution is 2.31. The molecular weight excluding hydrogens is 439 g/mol. The van der Waals surface area contributed by atoms with Crippen molar-refractivity contribution in [2.24, 2.45) is 0 Å². The van der Waals surface area contributed by atoms with Gasteiger partial charge in [0, 0.05) is 64.6 Å². The molecule has 0 spiro atoms. The van der Waals surface area contributed by atoms with Gasteiger partial charge in [-0.15, -0.1) is 0 Å². The number of nitrogens with zero attached hydrogens (tertiary/aromatic N) is 3. The smallest absolute Gasteiger partial charge is 0.341 e. The first-order valence-electron chi connectivity index (χ1n) is 11.6. The number of aromatic nitrogens is 1. The van der Waals surface area contributed by atoms with E-state index in [2.05, 4.69) is 9.88 Å². The van der Waals surface area contributed by atoms with Crippen LogP contribution in [-0.4, -0.2) is 71.7 Å². The molecule has 2 N–H and O–H groups in total. The number of anilines is 1. The highest BCUT2D eigenvalue weighted by molar-refractivity contribution is 5.92. The van der Waals surface area contributed by atoms with Crippen molar-refractivity contribution in [1.29, 1.82) is 0 Å². The highest BCUT2D eigenvalue weighted by atomic mass is 19.1. The van der Waals surface area contributed by atoms with Crippen LogP contribution in [0.25, 0.3) is 0 Å². The summed E-state index contributed by atoms with van der Waals surface area (Å²) in [6.07, 6.45) is 3.02.